The Kier molecular flexibility index (Phi) is 2.38. The smallest absolute Gasteiger partial charge is 0.356 e. The first kappa shape index (κ1) is 11.5. The van der Waals surface area contributed by atoms with Crippen LogP contribution in [-0.2, 0) is 7.05 Å². The number of carboxylic acids is 1. The van der Waals surface area contributed by atoms with Gasteiger partial charge in [0.15, 0.2) is 5.69 Å². The summed E-state index contributed by atoms with van der Waals surface area (Å²) in [5, 5.41) is 13.7. The van der Waals surface area contributed by atoms with Crippen LogP contribution in [0.25, 0.3) is 22.3 Å². The van der Waals surface area contributed by atoms with Crippen LogP contribution in [0, 0.1) is 5.82 Å². The first-order chi connectivity index (χ1) is 9.04. The zero-order valence-corrected chi connectivity index (χ0v) is 10.0. The molecule has 0 aliphatic heterocycles. The summed E-state index contributed by atoms with van der Waals surface area (Å²) in [6, 6.07) is 7.75. The summed E-state index contributed by atoms with van der Waals surface area (Å²) >= 11 is 0. The molecule has 6 heteroatoms. The summed E-state index contributed by atoms with van der Waals surface area (Å²) in [5.41, 5.74) is 1.97. The lowest BCUT2D eigenvalue weighted by Crippen LogP contribution is -1.99. The van der Waals surface area contributed by atoms with E-state index in [1.807, 2.05) is 6.07 Å². The second-order valence-electron chi connectivity index (χ2n) is 4.26. The highest BCUT2D eigenvalue weighted by Crippen LogP contribution is 2.25. The van der Waals surface area contributed by atoms with Gasteiger partial charge in [0.2, 0.25) is 0 Å². The quantitative estimate of drug-likeness (QED) is 0.742. The van der Waals surface area contributed by atoms with Crippen molar-refractivity contribution in [2.75, 3.05) is 0 Å². The van der Waals surface area contributed by atoms with Crippen molar-refractivity contribution in [2.24, 2.45) is 7.05 Å². The fourth-order valence-electron chi connectivity index (χ4n) is 2.06. The molecule has 5 nitrogen and oxygen atoms in total. The lowest BCUT2D eigenvalue weighted by atomic mass is 10.2. The Labute approximate surface area is 107 Å². The maximum absolute atomic E-state index is 13.1. The number of hydrogen-bond donors (Lipinski definition) is 2. The molecular weight excluding hydrogens is 249 g/mol. The molecule has 3 aromatic rings. The number of hydrogen-bond acceptors (Lipinski definition) is 2. The Hall–Kier alpha value is -2.63. The lowest BCUT2D eigenvalue weighted by Gasteiger charge is -1.96. The van der Waals surface area contributed by atoms with Crippen molar-refractivity contribution in [3.05, 3.63) is 41.8 Å². The van der Waals surface area contributed by atoms with Crippen LogP contribution >= 0.6 is 0 Å². The van der Waals surface area contributed by atoms with E-state index in [9.17, 15) is 9.18 Å². The van der Waals surface area contributed by atoms with Crippen molar-refractivity contribution < 1.29 is 14.3 Å². The van der Waals surface area contributed by atoms with E-state index < -0.39 is 5.97 Å². The molecule has 0 aliphatic carbocycles. The van der Waals surface area contributed by atoms with Gasteiger partial charge in [0, 0.05) is 24.0 Å². The molecule has 96 valence electrons. The van der Waals surface area contributed by atoms with E-state index in [1.54, 1.807) is 13.1 Å². The normalized spacial score (nSPS) is 11.1. The number of fused-ring (bicyclic) bond motifs is 1. The number of carbonyl (C=O) groups is 1. The highest BCUT2D eigenvalue weighted by molar-refractivity contribution is 5.89. The highest BCUT2D eigenvalue weighted by Gasteiger charge is 2.14. The Bertz CT molecular complexity index is 788. The largest absolute Gasteiger partial charge is 0.476 e. The standard InChI is InChI=1S/C13H10FN3O2/c1-17-12(6-11(16-17)13(18)19)10-4-7-2-3-8(14)5-9(7)15-10/h2-6,15H,1H3,(H,18,19). The number of nitrogens with one attached hydrogen (secondary N) is 1. The number of aromatic nitrogens is 3. The predicted octanol–water partition coefficient (Wildman–Crippen LogP) is 2.41. The number of aryl methyl sites for hydroxylation is 1. The van der Waals surface area contributed by atoms with Crippen LogP contribution in [0.4, 0.5) is 4.39 Å². The van der Waals surface area contributed by atoms with Crippen molar-refractivity contribution in [3.63, 3.8) is 0 Å². The van der Waals surface area contributed by atoms with Gasteiger partial charge in [0.25, 0.3) is 0 Å². The molecule has 0 radical (unpaired) electrons. The van der Waals surface area contributed by atoms with Gasteiger partial charge < -0.3 is 10.1 Å². The van der Waals surface area contributed by atoms with Crippen LogP contribution in [0.1, 0.15) is 10.5 Å². The summed E-state index contributed by atoms with van der Waals surface area (Å²) in [6.45, 7) is 0. The van der Waals surface area contributed by atoms with E-state index in [1.165, 1.54) is 22.9 Å². The van der Waals surface area contributed by atoms with Crippen LogP contribution in [0.2, 0.25) is 0 Å². The van der Waals surface area contributed by atoms with Crippen molar-refractivity contribution in [2.45, 2.75) is 0 Å². The van der Waals surface area contributed by atoms with Gasteiger partial charge in [-0.2, -0.15) is 5.10 Å². The van der Waals surface area contributed by atoms with Crippen LogP contribution in [0.3, 0.4) is 0 Å². The number of H-pyrrole nitrogens is 1. The molecule has 3 rings (SSSR count). The number of aromatic amines is 1. The monoisotopic (exact) mass is 259 g/mol. The third-order valence-corrected chi connectivity index (χ3v) is 2.96. The van der Waals surface area contributed by atoms with Gasteiger partial charge in [-0.05, 0) is 24.3 Å². The number of benzene rings is 1. The van der Waals surface area contributed by atoms with Crippen LogP contribution < -0.4 is 0 Å². The summed E-state index contributed by atoms with van der Waals surface area (Å²) in [7, 11) is 1.66. The molecule has 2 heterocycles. The van der Waals surface area contributed by atoms with Crippen LogP contribution in [0.15, 0.2) is 30.3 Å². The van der Waals surface area contributed by atoms with Crippen molar-refractivity contribution >= 4 is 16.9 Å². The molecule has 2 aromatic heterocycles. The summed E-state index contributed by atoms with van der Waals surface area (Å²) < 4.78 is 14.6. The van der Waals surface area contributed by atoms with Crippen molar-refractivity contribution in [1.82, 2.24) is 14.8 Å². The van der Waals surface area contributed by atoms with Gasteiger partial charge in [-0.1, -0.05) is 0 Å². The molecular formula is C13H10FN3O2. The van der Waals surface area contributed by atoms with E-state index in [4.69, 9.17) is 5.11 Å². The molecule has 0 spiro atoms. The summed E-state index contributed by atoms with van der Waals surface area (Å²) in [6.07, 6.45) is 0. The van der Waals surface area contributed by atoms with E-state index in [2.05, 4.69) is 10.1 Å². The van der Waals surface area contributed by atoms with Crippen LogP contribution in [0.5, 0.6) is 0 Å². The molecule has 1 aromatic carbocycles. The molecule has 0 unspecified atom stereocenters. The summed E-state index contributed by atoms with van der Waals surface area (Å²) in [4.78, 5) is 13.9. The topological polar surface area (TPSA) is 70.9 Å². The molecule has 19 heavy (non-hydrogen) atoms. The molecule has 0 saturated heterocycles. The number of nitrogens with zero attached hydrogens (tertiary/aromatic N) is 2. The minimum Gasteiger partial charge on any atom is -0.476 e. The van der Waals surface area contributed by atoms with Gasteiger partial charge in [-0.3, -0.25) is 4.68 Å². The molecule has 2 N–H and O–H groups in total. The molecule has 0 fully saturated rings. The van der Waals surface area contributed by atoms with Gasteiger partial charge in [0.05, 0.1) is 11.4 Å². The van der Waals surface area contributed by atoms with E-state index in [0.717, 1.165) is 5.39 Å². The third-order valence-electron chi connectivity index (χ3n) is 2.96. The molecule has 0 bridgehead atoms. The Morgan fingerprint density at radius 3 is 2.84 bits per heavy atom. The van der Waals surface area contributed by atoms with E-state index in [-0.39, 0.29) is 11.5 Å². The Morgan fingerprint density at radius 1 is 1.37 bits per heavy atom. The Morgan fingerprint density at radius 2 is 2.16 bits per heavy atom. The lowest BCUT2D eigenvalue weighted by molar-refractivity contribution is 0.0689. The van der Waals surface area contributed by atoms with Gasteiger partial charge >= 0.3 is 5.97 Å². The van der Waals surface area contributed by atoms with E-state index in [0.29, 0.717) is 16.9 Å². The fourth-order valence-corrected chi connectivity index (χ4v) is 2.06. The SMILES string of the molecule is Cn1nc(C(=O)O)cc1-c1cc2ccc(F)cc2[nH]1. The van der Waals surface area contributed by atoms with Crippen LogP contribution in [-0.4, -0.2) is 25.8 Å². The second-order valence-corrected chi connectivity index (χ2v) is 4.26. The average molecular weight is 259 g/mol. The number of halogens is 1. The maximum atomic E-state index is 13.1. The first-order valence-electron chi connectivity index (χ1n) is 5.60. The van der Waals surface area contributed by atoms with Gasteiger partial charge in [-0.15, -0.1) is 0 Å². The minimum atomic E-state index is -1.08. The Balaban J connectivity index is 2.16. The molecule has 0 atom stereocenters. The van der Waals surface area contributed by atoms with Crippen molar-refractivity contribution in [1.29, 1.82) is 0 Å². The predicted molar refractivity (Wildman–Crippen MR) is 67.4 cm³/mol. The van der Waals surface area contributed by atoms with Gasteiger partial charge in [-0.25, -0.2) is 9.18 Å². The molecule has 0 saturated carbocycles. The first-order valence-corrected chi connectivity index (χ1v) is 5.60. The fraction of sp³-hybridized carbons (Fsp3) is 0.0769. The minimum absolute atomic E-state index is 0.0256. The van der Waals surface area contributed by atoms with Gasteiger partial charge in [0.1, 0.15) is 5.82 Å². The second kappa shape index (κ2) is 3.94. The zero-order valence-electron chi connectivity index (χ0n) is 10.0. The maximum Gasteiger partial charge on any atom is 0.356 e. The number of aromatic carboxylic acids is 1. The number of rotatable bonds is 2. The average Bonchev–Trinajstić information content (AvgIpc) is 2.91. The molecule has 0 amide bonds. The zero-order chi connectivity index (χ0) is 13.6. The highest BCUT2D eigenvalue weighted by atomic mass is 19.1. The number of carboxylic acid groups (broad SMARTS) is 1. The van der Waals surface area contributed by atoms with E-state index >= 15 is 0 Å². The summed E-state index contributed by atoms with van der Waals surface area (Å²) in [5.74, 6) is -1.40. The molecule has 0 aliphatic rings. The van der Waals surface area contributed by atoms with Crippen molar-refractivity contribution in [3.8, 4) is 11.4 Å². The third kappa shape index (κ3) is 1.87.